The number of carbonyl (C=O) groups excluding carboxylic acids is 1. The highest BCUT2D eigenvalue weighted by molar-refractivity contribution is 5.89. The van der Waals surface area contributed by atoms with Gasteiger partial charge in [-0.1, -0.05) is 18.2 Å². The van der Waals surface area contributed by atoms with Gasteiger partial charge in [-0.15, -0.1) is 0 Å². The zero-order valence-corrected chi connectivity index (χ0v) is 14.3. The second-order valence-corrected chi connectivity index (χ2v) is 6.15. The second-order valence-electron chi connectivity index (χ2n) is 6.15. The fraction of sp³-hybridized carbons (Fsp3) is 0.368. The Morgan fingerprint density at radius 3 is 2.60 bits per heavy atom. The third kappa shape index (κ3) is 3.30. The van der Waals surface area contributed by atoms with Gasteiger partial charge in [-0.25, -0.2) is 0 Å². The van der Waals surface area contributed by atoms with Gasteiger partial charge in [-0.2, -0.15) is 0 Å². The predicted octanol–water partition coefficient (Wildman–Crippen LogP) is 2.47. The molecule has 132 valence electrons. The van der Waals surface area contributed by atoms with Gasteiger partial charge in [-0.05, 0) is 34.5 Å². The summed E-state index contributed by atoms with van der Waals surface area (Å²) in [6.07, 6.45) is 0.0182. The summed E-state index contributed by atoms with van der Waals surface area (Å²) in [6, 6.07) is 11.0. The third-order valence-electron chi connectivity index (χ3n) is 4.70. The van der Waals surface area contributed by atoms with E-state index in [0.717, 1.165) is 22.1 Å². The highest BCUT2D eigenvalue weighted by atomic mass is 16.5. The van der Waals surface area contributed by atoms with E-state index in [1.54, 1.807) is 19.1 Å². The Balaban J connectivity index is 2.01. The molecule has 1 heterocycles. The first-order valence-electron chi connectivity index (χ1n) is 8.14. The molecular formula is C19H21NO5. The van der Waals surface area contributed by atoms with E-state index in [4.69, 9.17) is 9.47 Å². The highest BCUT2D eigenvalue weighted by Crippen LogP contribution is 2.39. The Morgan fingerprint density at radius 2 is 1.92 bits per heavy atom. The molecule has 1 N–H and O–H groups in total. The molecule has 0 radical (unpaired) electrons. The van der Waals surface area contributed by atoms with Crippen molar-refractivity contribution in [2.24, 2.45) is 5.92 Å². The van der Waals surface area contributed by atoms with Crippen molar-refractivity contribution in [3.05, 3.63) is 42.0 Å². The van der Waals surface area contributed by atoms with E-state index in [0.29, 0.717) is 13.2 Å². The maximum Gasteiger partial charge on any atom is 0.309 e. The summed E-state index contributed by atoms with van der Waals surface area (Å²) in [6.45, 7) is 0.754. The van der Waals surface area contributed by atoms with Gasteiger partial charge in [0.1, 0.15) is 5.75 Å². The maximum atomic E-state index is 12.3. The number of carboxylic acid groups (broad SMARTS) is 1. The molecule has 0 unspecified atom stereocenters. The first kappa shape index (κ1) is 17.2. The largest absolute Gasteiger partial charge is 0.497 e. The minimum Gasteiger partial charge on any atom is -0.497 e. The van der Waals surface area contributed by atoms with E-state index in [2.05, 4.69) is 0 Å². The van der Waals surface area contributed by atoms with Crippen molar-refractivity contribution in [2.75, 3.05) is 27.4 Å². The zero-order chi connectivity index (χ0) is 18.0. The number of benzene rings is 2. The summed E-state index contributed by atoms with van der Waals surface area (Å²) in [5.74, 6) is -1.08. The highest BCUT2D eigenvalue weighted by Gasteiger charge is 2.44. The van der Waals surface area contributed by atoms with Gasteiger partial charge in [0.15, 0.2) is 0 Å². The molecule has 1 aliphatic heterocycles. The van der Waals surface area contributed by atoms with Crippen molar-refractivity contribution in [2.45, 2.75) is 12.5 Å². The number of likely N-dealkylation sites (tertiary alicyclic amines) is 1. The summed E-state index contributed by atoms with van der Waals surface area (Å²) in [5.41, 5.74) is 0.826. The number of ether oxygens (including phenoxy) is 2. The van der Waals surface area contributed by atoms with E-state index < -0.39 is 17.9 Å². The number of nitrogens with zero attached hydrogens (tertiary/aromatic N) is 1. The van der Waals surface area contributed by atoms with Gasteiger partial charge >= 0.3 is 5.97 Å². The molecule has 0 saturated carbocycles. The van der Waals surface area contributed by atoms with E-state index in [-0.39, 0.29) is 12.3 Å². The zero-order valence-electron chi connectivity index (χ0n) is 14.3. The minimum absolute atomic E-state index is 0.0182. The average molecular weight is 343 g/mol. The van der Waals surface area contributed by atoms with Gasteiger partial charge in [0.2, 0.25) is 5.91 Å². The van der Waals surface area contributed by atoms with Crippen molar-refractivity contribution in [1.82, 2.24) is 4.90 Å². The Hall–Kier alpha value is -2.60. The van der Waals surface area contributed by atoms with Crippen LogP contribution in [-0.2, 0) is 14.3 Å². The summed E-state index contributed by atoms with van der Waals surface area (Å²) in [7, 11) is 3.18. The topological polar surface area (TPSA) is 76.1 Å². The number of fused-ring (bicyclic) bond motifs is 1. The predicted molar refractivity (Wildman–Crippen MR) is 92.6 cm³/mol. The smallest absolute Gasteiger partial charge is 0.309 e. The maximum absolute atomic E-state index is 12.3. The molecule has 2 aromatic carbocycles. The Bertz CT molecular complexity index is 804. The van der Waals surface area contributed by atoms with Crippen LogP contribution in [0.2, 0.25) is 0 Å². The normalized spacial score (nSPS) is 20.2. The average Bonchev–Trinajstić information content (AvgIpc) is 2.95. The number of aliphatic carboxylic acids is 1. The Morgan fingerprint density at radius 1 is 1.20 bits per heavy atom. The number of hydrogen-bond donors (Lipinski definition) is 1. The molecule has 25 heavy (non-hydrogen) atoms. The molecule has 2 atom stereocenters. The lowest BCUT2D eigenvalue weighted by Crippen LogP contribution is -2.33. The number of methoxy groups -OCH3 is 2. The molecule has 0 aromatic heterocycles. The van der Waals surface area contributed by atoms with E-state index in [9.17, 15) is 14.7 Å². The molecule has 6 heteroatoms. The van der Waals surface area contributed by atoms with Gasteiger partial charge in [0.25, 0.3) is 0 Å². The molecule has 3 rings (SSSR count). The number of rotatable bonds is 6. The van der Waals surface area contributed by atoms with Crippen molar-refractivity contribution in [3.63, 3.8) is 0 Å². The van der Waals surface area contributed by atoms with E-state index in [1.165, 1.54) is 0 Å². The number of hydrogen-bond acceptors (Lipinski definition) is 4. The molecule has 0 spiro atoms. The minimum atomic E-state index is -0.951. The van der Waals surface area contributed by atoms with Crippen LogP contribution in [0.4, 0.5) is 0 Å². The van der Waals surface area contributed by atoms with E-state index >= 15 is 0 Å². The van der Waals surface area contributed by atoms with Crippen LogP contribution in [0, 0.1) is 5.92 Å². The monoisotopic (exact) mass is 343 g/mol. The molecule has 0 bridgehead atoms. The lowest BCUT2D eigenvalue weighted by molar-refractivity contribution is -0.142. The summed E-state index contributed by atoms with van der Waals surface area (Å²) in [4.78, 5) is 25.6. The number of carbonyl (C=O) groups is 2. The summed E-state index contributed by atoms with van der Waals surface area (Å²) >= 11 is 0. The lowest BCUT2D eigenvalue weighted by atomic mass is 9.92. The molecule has 2 aromatic rings. The van der Waals surface area contributed by atoms with Crippen LogP contribution in [0.3, 0.4) is 0 Å². The molecule has 1 aliphatic rings. The number of amides is 1. The number of carboxylic acids is 1. The first-order chi connectivity index (χ1) is 12.0. The lowest BCUT2D eigenvalue weighted by Gasteiger charge is -2.27. The van der Waals surface area contributed by atoms with Gasteiger partial charge in [0, 0.05) is 20.1 Å². The van der Waals surface area contributed by atoms with Crippen LogP contribution in [-0.4, -0.2) is 49.3 Å². The third-order valence-corrected chi connectivity index (χ3v) is 4.70. The summed E-state index contributed by atoms with van der Waals surface area (Å²) in [5, 5.41) is 11.5. The van der Waals surface area contributed by atoms with Gasteiger partial charge < -0.3 is 19.5 Å². The van der Waals surface area contributed by atoms with Gasteiger partial charge in [-0.3, -0.25) is 9.59 Å². The van der Waals surface area contributed by atoms with Crippen LogP contribution in [0.1, 0.15) is 18.0 Å². The van der Waals surface area contributed by atoms with Crippen LogP contribution in [0.15, 0.2) is 36.4 Å². The molecule has 6 nitrogen and oxygen atoms in total. The Labute approximate surface area is 145 Å². The van der Waals surface area contributed by atoms with Gasteiger partial charge in [0.05, 0.1) is 25.7 Å². The van der Waals surface area contributed by atoms with E-state index in [1.807, 2.05) is 36.4 Å². The van der Waals surface area contributed by atoms with Crippen LogP contribution in [0.25, 0.3) is 10.8 Å². The van der Waals surface area contributed by atoms with Crippen molar-refractivity contribution in [1.29, 1.82) is 0 Å². The van der Waals surface area contributed by atoms with Crippen LogP contribution in [0.5, 0.6) is 5.75 Å². The first-order valence-corrected chi connectivity index (χ1v) is 8.14. The quantitative estimate of drug-likeness (QED) is 0.872. The molecular weight excluding hydrogens is 322 g/mol. The molecule has 1 fully saturated rings. The second kappa shape index (κ2) is 7.11. The molecule has 1 amide bonds. The fourth-order valence-electron chi connectivity index (χ4n) is 3.43. The molecule has 1 saturated heterocycles. The Kier molecular flexibility index (Phi) is 4.90. The fourth-order valence-corrected chi connectivity index (χ4v) is 3.43. The molecule has 0 aliphatic carbocycles. The summed E-state index contributed by atoms with van der Waals surface area (Å²) < 4.78 is 10.3. The SMILES string of the molecule is COCCN1C(=O)C[C@@H](C(=O)O)[C@H]1c1ccc2cc(OC)ccc2c1. The van der Waals surface area contributed by atoms with Crippen molar-refractivity contribution in [3.8, 4) is 5.75 Å². The van der Waals surface area contributed by atoms with Crippen LogP contribution < -0.4 is 4.74 Å². The standard InChI is InChI=1S/C19H21NO5/c1-24-8-7-20-17(21)11-16(19(22)23)18(20)14-4-3-13-10-15(25-2)6-5-12(13)9-14/h3-6,9-10,16,18H,7-8,11H2,1-2H3,(H,22,23)/t16-,18-/m1/s1. The van der Waals surface area contributed by atoms with Crippen molar-refractivity contribution < 1.29 is 24.2 Å². The van der Waals surface area contributed by atoms with Crippen molar-refractivity contribution >= 4 is 22.6 Å². The van der Waals surface area contributed by atoms with Crippen LogP contribution >= 0.6 is 0 Å².